The Labute approximate surface area is 195 Å². The maximum Gasteiger partial charge on any atom is 0.335 e. The highest BCUT2D eigenvalue weighted by Gasteiger charge is 2.53. The number of ether oxygens (including phenoxy) is 5. The van der Waals surface area contributed by atoms with E-state index in [1.165, 1.54) is 7.11 Å². The summed E-state index contributed by atoms with van der Waals surface area (Å²) in [4.78, 5) is 36.8. The number of aliphatic carboxylic acids is 1. The Morgan fingerprint density at radius 3 is 2.35 bits per heavy atom. The highest BCUT2D eigenvalue weighted by molar-refractivity contribution is 5.94. The molecule has 0 saturated carbocycles. The van der Waals surface area contributed by atoms with E-state index in [2.05, 4.69) is 10.1 Å². The maximum absolute atomic E-state index is 12.9. The maximum atomic E-state index is 12.9. The lowest BCUT2D eigenvalue weighted by Crippen LogP contribution is -2.68. The van der Waals surface area contributed by atoms with Gasteiger partial charge in [-0.25, -0.2) is 9.59 Å². The second kappa shape index (κ2) is 10.7. The molecule has 0 aliphatic carbocycles. The molecule has 0 radical (unpaired) electrons. The van der Waals surface area contributed by atoms with E-state index in [9.17, 15) is 19.5 Å². The topological polar surface area (TPSA) is 130 Å². The predicted molar refractivity (Wildman–Crippen MR) is 116 cm³/mol. The molecule has 10 nitrogen and oxygen atoms in total. The van der Waals surface area contributed by atoms with Gasteiger partial charge in [-0.15, -0.1) is 0 Å². The summed E-state index contributed by atoms with van der Waals surface area (Å²) in [6.07, 6.45) is -4.89. The van der Waals surface area contributed by atoms with E-state index < -0.39 is 61.2 Å². The molecule has 10 heteroatoms. The van der Waals surface area contributed by atoms with E-state index in [1.807, 2.05) is 30.3 Å². The van der Waals surface area contributed by atoms with Crippen LogP contribution in [-0.4, -0.2) is 73.7 Å². The minimum absolute atomic E-state index is 0.0332. The summed E-state index contributed by atoms with van der Waals surface area (Å²) < 4.78 is 28.2. The Morgan fingerprint density at radius 1 is 1.03 bits per heavy atom. The summed E-state index contributed by atoms with van der Waals surface area (Å²) in [5, 5.41) is 12.6. The highest BCUT2D eigenvalue weighted by Crippen LogP contribution is 2.35. The Morgan fingerprint density at radius 2 is 1.71 bits per heavy atom. The molecule has 180 valence electrons. The van der Waals surface area contributed by atoms with Crippen molar-refractivity contribution in [2.75, 3.05) is 20.3 Å². The van der Waals surface area contributed by atoms with E-state index >= 15 is 0 Å². The number of carboxylic acid groups (broad SMARTS) is 1. The third-order valence-corrected chi connectivity index (χ3v) is 5.65. The number of carbonyl (C=O) groups excluding carboxylic acids is 2. The van der Waals surface area contributed by atoms with Crippen LogP contribution < -0.4 is 5.32 Å². The summed E-state index contributed by atoms with van der Waals surface area (Å²) in [5.41, 5.74) is 1.08. The van der Waals surface area contributed by atoms with Gasteiger partial charge < -0.3 is 34.1 Å². The molecule has 4 unspecified atom stereocenters. The molecule has 0 spiro atoms. The number of nitrogens with one attached hydrogen (secondary N) is 1. The zero-order valence-corrected chi connectivity index (χ0v) is 18.4. The first-order chi connectivity index (χ1) is 16.5. The number of fused-ring (bicyclic) bond motifs is 1. The molecule has 6 atom stereocenters. The quantitative estimate of drug-likeness (QED) is 0.574. The third kappa shape index (κ3) is 5.26. The Bertz CT molecular complexity index is 1000. The van der Waals surface area contributed by atoms with E-state index in [-0.39, 0.29) is 6.61 Å². The van der Waals surface area contributed by atoms with Gasteiger partial charge in [0.15, 0.2) is 12.4 Å². The lowest BCUT2D eigenvalue weighted by atomic mass is 9.91. The SMILES string of the molecule is COC(=O)COC1C(NC(=O)c2ccccc2)[C@H](C(=O)O)OC2COC(c3ccccc3)O[C@@H]21. The first-order valence-corrected chi connectivity index (χ1v) is 10.7. The van der Waals surface area contributed by atoms with Crippen molar-refractivity contribution in [1.29, 1.82) is 0 Å². The van der Waals surface area contributed by atoms with Crippen molar-refractivity contribution in [3.8, 4) is 0 Å². The molecular weight excluding hydrogens is 446 g/mol. The van der Waals surface area contributed by atoms with E-state index in [1.54, 1.807) is 30.3 Å². The molecule has 0 bridgehead atoms. The van der Waals surface area contributed by atoms with Crippen LogP contribution in [0, 0.1) is 0 Å². The standard InChI is InChI=1S/C24H25NO9/c1-30-17(26)13-31-20-18(25-22(27)14-8-4-2-5-9-14)21(23(28)29)33-16-12-32-24(34-19(16)20)15-10-6-3-7-11-15/h2-11,16,18-21,24H,12-13H2,1H3,(H,25,27)(H,28,29)/t16?,18?,19-,20?,21+,24?/m0/s1. The normalized spacial score (nSPS) is 28.4. The fraction of sp³-hybridized carbons (Fsp3) is 0.375. The minimum atomic E-state index is -1.46. The summed E-state index contributed by atoms with van der Waals surface area (Å²) >= 11 is 0. The zero-order chi connectivity index (χ0) is 24.1. The van der Waals surface area contributed by atoms with Crippen molar-refractivity contribution < 1.29 is 43.2 Å². The second-order valence-electron chi connectivity index (χ2n) is 7.83. The van der Waals surface area contributed by atoms with Crippen LogP contribution in [0.5, 0.6) is 0 Å². The molecule has 2 aromatic carbocycles. The number of hydrogen-bond acceptors (Lipinski definition) is 8. The lowest BCUT2D eigenvalue weighted by Gasteiger charge is -2.48. The highest BCUT2D eigenvalue weighted by atomic mass is 16.7. The average molecular weight is 471 g/mol. The number of hydrogen-bond donors (Lipinski definition) is 2. The smallest absolute Gasteiger partial charge is 0.335 e. The predicted octanol–water partition coefficient (Wildman–Crippen LogP) is 1.31. The van der Waals surface area contributed by atoms with Gasteiger partial charge in [-0.3, -0.25) is 4.79 Å². The number of carboxylic acids is 1. The Kier molecular flexibility index (Phi) is 7.53. The molecule has 2 saturated heterocycles. The largest absolute Gasteiger partial charge is 0.479 e. The summed E-state index contributed by atoms with van der Waals surface area (Å²) in [6.45, 7) is -0.430. The zero-order valence-electron chi connectivity index (χ0n) is 18.4. The molecule has 2 aromatic rings. The number of amides is 1. The summed E-state index contributed by atoms with van der Waals surface area (Å²) in [5.74, 6) is -2.47. The minimum Gasteiger partial charge on any atom is -0.479 e. The van der Waals surface area contributed by atoms with Crippen LogP contribution in [0.15, 0.2) is 60.7 Å². The van der Waals surface area contributed by atoms with Gasteiger partial charge in [0.05, 0.1) is 19.8 Å². The first-order valence-electron chi connectivity index (χ1n) is 10.7. The molecule has 2 fully saturated rings. The van der Waals surface area contributed by atoms with Crippen LogP contribution in [0.2, 0.25) is 0 Å². The molecule has 34 heavy (non-hydrogen) atoms. The molecule has 2 aliphatic heterocycles. The van der Waals surface area contributed by atoms with Crippen LogP contribution in [0.3, 0.4) is 0 Å². The average Bonchev–Trinajstić information content (AvgIpc) is 2.88. The van der Waals surface area contributed by atoms with E-state index in [0.717, 1.165) is 5.56 Å². The van der Waals surface area contributed by atoms with Crippen LogP contribution >= 0.6 is 0 Å². The summed E-state index contributed by atoms with van der Waals surface area (Å²) in [7, 11) is 1.21. The van der Waals surface area contributed by atoms with Crippen LogP contribution in [-0.2, 0) is 33.3 Å². The number of rotatable bonds is 7. The Balaban J connectivity index is 1.63. The number of esters is 1. The van der Waals surface area contributed by atoms with Crippen molar-refractivity contribution in [2.24, 2.45) is 0 Å². The molecular formula is C24H25NO9. The molecule has 1 amide bonds. The van der Waals surface area contributed by atoms with Crippen molar-refractivity contribution in [3.05, 3.63) is 71.8 Å². The van der Waals surface area contributed by atoms with Crippen molar-refractivity contribution in [2.45, 2.75) is 36.7 Å². The number of carbonyl (C=O) groups is 3. The molecule has 2 heterocycles. The molecule has 0 aromatic heterocycles. The van der Waals surface area contributed by atoms with Gasteiger partial charge >= 0.3 is 11.9 Å². The lowest BCUT2D eigenvalue weighted by molar-refractivity contribution is -0.317. The fourth-order valence-electron chi connectivity index (χ4n) is 4.00. The molecule has 2 aliphatic rings. The number of methoxy groups -OCH3 is 1. The molecule has 4 rings (SSSR count). The molecule has 2 N–H and O–H groups in total. The van der Waals surface area contributed by atoms with Crippen LogP contribution in [0.1, 0.15) is 22.2 Å². The van der Waals surface area contributed by atoms with Crippen molar-refractivity contribution in [1.82, 2.24) is 5.32 Å². The van der Waals surface area contributed by atoms with E-state index in [4.69, 9.17) is 18.9 Å². The monoisotopic (exact) mass is 471 g/mol. The van der Waals surface area contributed by atoms with Gasteiger partial charge in [0.25, 0.3) is 5.91 Å². The number of benzene rings is 2. The van der Waals surface area contributed by atoms with Gasteiger partial charge in [0, 0.05) is 11.1 Å². The van der Waals surface area contributed by atoms with Gasteiger partial charge in [-0.1, -0.05) is 48.5 Å². The fourth-order valence-corrected chi connectivity index (χ4v) is 4.00. The van der Waals surface area contributed by atoms with Gasteiger partial charge in [-0.05, 0) is 12.1 Å². The summed E-state index contributed by atoms with van der Waals surface area (Å²) in [6, 6.07) is 16.3. The van der Waals surface area contributed by atoms with Crippen LogP contribution in [0.4, 0.5) is 0 Å². The van der Waals surface area contributed by atoms with Crippen molar-refractivity contribution >= 4 is 17.8 Å². The first kappa shape index (κ1) is 23.8. The van der Waals surface area contributed by atoms with E-state index in [0.29, 0.717) is 5.56 Å². The van der Waals surface area contributed by atoms with Gasteiger partial charge in [-0.2, -0.15) is 0 Å². The van der Waals surface area contributed by atoms with Crippen LogP contribution in [0.25, 0.3) is 0 Å². The second-order valence-corrected chi connectivity index (χ2v) is 7.83. The Hall–Kier alpha value is -3.31. The van der Waals surface area contributed by atoms with Gasteiger partial charge in [0.2, 0.25) is 0 Å². The van der Waals surface area contributed by atoms with Gasteiger partial charge in [0.1, 0.15) is 24.9 Å². The van der Waals surface area contributed by atoms with Crippen molar-refractivity contribution in [3.63, 3.8) is 0 Å². The third-order valence-electron chi connectivity index (χ3n) is 5.65.